The molecule has 8 heteroatoms. The highest BCUT2D eigenvalue weighted by Gasteiger charge is 1.98. The Morgan fingerprint density at radius 2 is 2.16 bits per heavy atom. The summed E-state index contributed by atoms with van der Waals surface area (Å²) in [6, 6.07) is 7.20. The Morgan fingerprint density at radius 3 is 2.79 bits per heavy atom. The van der Waals surface area contributed by atoms with Crippen LogP contribution in [0.3, 0.4) is 0 Å². The molecule has 0 bridgehead atoms. The summed E-state index contributed by atoms with van der Waals surface area (Å²) >= 11 is 14.2. The third-order valence-electron chi connectivity index (χ3n) is 2.08. The van der Waals surface area contributed by atoms with Crippen LogP contribution in [0.15, 0.2) is 40.0 Å². The van der Waals surface area contributed by atoms with Crippen molar-refractivity contribution < 1.29 is 0 Å². The summed E-state index contributed by atoms with van der Waals surface area (Å²) in [6.07, 6.45) is 3.22. The molecule has 1 aromatic heterocycles. The van der Waals surface area contributed by atoms with E-state index in [0.717, 1.165) is 15.9 Å². The number of nitrogens with zero attached hydrogens (tertiary/aromatic N) is 2. The monoisotopic (exact) mass is 357 g/mol. The molecule has 0 saturated carbocycles. The third-order valence-corrected chi connectivity index (χ3v) is 3.16. The summed E-state index contributed by atoms with van der Waals surface area (Å²) < 4.78 is 0.828. The van der Waals surface area contributed by atoms with Crippen LogP contribution in [-0.4, -0.2) is 21.5 Å². The molecule has 0 aliphatic rings. The first-order valence-corrected chi connectivity index (χ1v) is 6.77. The molecule has 3 N–H and O–H groups in total. The topological polar surface area (TPSA) is 65.1 Å². The van der Waals surface area contributed by atoms with E-state index >= 15 is 0 Å². The highest BCUT2D eigenvalue weighted by atomic mass is 79.9. The molecular weight excluding hydrogens is 350 g/mol. The van der Waals surface area contributed by atoms with Crippen molar-refractivity contribution in [1.29, 1.82) is 0 Å². The molecule has 2 aromatic rings. The van der Waals surface area contributed by atoms with Gasteiger partial charge in [0.2, 0.25) is 0 Å². The minimum atomic E-state index is 0.384. The van der Waals surface area contributed by atoms with Crippen LogP contribution in [0.5, 0.6) is 0 Å². The lowest BCUT2D eigenvalue weighted by Crippen LogP contribution is -2.23. The minimum absolute atomic E-state index is 0.384. The largest absolute Gasteiger partial charge is 0.331 e. The van der Waals surface area contributed by atoms with E-state index in [0.29, 0.717) is 10.1 Å². The molecule has 0 aliphatic heterocycles. The second kappa shape index (κ2) is 6.65. The molecular formula is C11H9BrClN5S. The van der Waals surface area contributed by atoms with Crippen molar-refractivity contribution >= 4 is 56.8 Å². The van der Waals surface area contributed by atoms with E-state index in [2.05, 4.69) is 42.0 Å². The number of benzene rings is 1. The quantitative estimate of drug-likeness (QED) is 0.448. The fourth-order valence-corrected chi connectivity index (χ4v) is 1.81. The lowest BCUT2D eigenvalue weighted by Gasteiger charge is -2.06. The summed E-state index contributed by atoms with van der Waals surface area (Å²) in [6.45, 7) is 0. The van der Waals surface area contributed by atoms with Crippen molar-refractivity contribution in [2.75, 3.05) is 5.32 Å². The molecule has 0 radical (unpaired) electrons. The van der Waals surface area contributed by atoms with Crippen molar-refractivity contribution in [3.8, 4) is 0 Å². The van der Waals surface area contributed by atoms with Gasteiger partial charge in [-0.1, -0.05) is 11.6 Å². The van der Waals surface area contributed by atoms with Gasteiger partial charge in [0.1, 0.15) is 0 Å². The van der Waals surface area contributed by atoms with Crippen LogP contribution in [0.1, 0.15) is 5.69 Å². The zero-order valence-electron chi connectivity index (χ0n) is 9.52. The van der Waals surface area contributed by atoms with Crippen molar-refractivity contribution in [2.24, 2.45) is 5.10 Å². The first-order chi connectivity index (χ1) is 9.15. The van der Waals surface area contributed by atoms with E-state index in [1.165, 1.54) is 0 Å². The number of aromatic amines is 1. The van der Waals surface area contributed by atoms with Gasteiger partial charge in [0.25, 0.3) is 0 Å². The maximum absolute atomic E-state index is 5.79. The molecule has 0 fully saturated rings. The lowest BCUT2D eigenvalue weighted by molar-refractivity contribution is 1.04. The van der Waals surface area contributed by atoms with Gasteiger partial charge in [0.05, 0.1) is 22.6 Å². The molecule has 1 aromatic carbocycles. The number of anilines is 1. The van der Waals surface area contributed by atoms with Gasteiger partial charge in [-0.25, -0.2) is 0 Å². The van der Waals surface area contributed by atoms with Crippen molar-refractivity contribution in [1.82, 2.24) is 15.6 Å². The summed E-state index contributed by atoms with van der Waals surface area (Å²) in [5.41, 5.74) is 4.28. The smallest absolute Gasteiger partial charge is 0.191 e. The Labute approximate surface area is 128 Å². The van der Waals surface area contributed by atoms with E-state index in [1.807, 2.05) is 12.1 Å². The minimum Gasteiger partial charge on any atom is -0.331 e. The number of nitrogens with one attached hydrogen (secondary N) is 3. The van der Waals surface area contributed by atoms with Crippen LogP contribution in [-0.2, 0) is 0 Å². The molecule has 19 heavy (non-hydrogen) atoms. The molecule has 5 nitrogen and oxygen atoms in total. The Morgan fingerprint density at radius 1 is 1.42 bits per heavy atom. The van der Waals surface area contributed by atoms with Crippen molar-refractivity contribution in [3.05, 3.63) is 45.7 Å². The number of hydrazone groups is 1. The van der Waals surface area contributed by atoms with Gasteiger partial charge in [-0.15, -0.1) is 0 Å². The van der Waals surface area contributed by atoms with Gasteiger partial charge in [0, 0.05) is 10.7 Å². The van der Waals surface area contributed by atoms with Crippen LogP contribution in [0.2, 0.25) is 5.02 Å². The number of hydrogen-bond acceptors (Lipinski definition) is 3. The second-order valence-corrected chi connectivity index (χ2v) is 5.16. The first kappa shape index (κ1) is 14.0. The molecule has 1 heterocycles. The standard InChI is InChI=1S/C11H9BrClN5S/c12-9-5-14-17-10(9)6-15-18-11(19)16-8-3-1-7(13)2-4-8/h1-6H,(H,14,17)(H2,16,18,19)/b15-6+. The maximum Gasteiger partial charge on any atom is 0.191 e. The maximum atomic E-state index is 5.79. The molecule has 2 rings (SSSR count). The van der Waals surface area contributed by atoms with E-state index in [-0.39, 0.29) is 0 Å². The molecule has 0 atom stereocenters. The normalized spacial score (nSPS) is 10.6. The highest BCUT2D eigenvalue weighted by Crippen LogP contribution is 2.13. The SMILES string of the molecule is S=C(N/N=C/c1[nH]ncc1Br)Nc1ccc(Cl)cc1. The van der Waals surface area contributed by atoms with Crippen LogP contribution in [0, 0.1) is 0 Å². The molecule has 0 unspecified atom stereocenters. The van der Waals surface area contributed by atoms with Gasteiger partial charge in [-0.3, -0.25) is 10.5 Å². The van der Waals surface area contributed by atoms with Gasteiger partial charge in [0.15, 0.2) is 5.11 Å². The summed E-state index contributed by atoms with van der Waals surface area (Å²) in [5, 5.41) is 14.6. The number of hydrogen-bond donors (Lipinski definition) is 3. The van der Waals surface area contributed by atoms with Gasteiger partial charge < -0.3 is 5.32 Å². The fourth-order valence-electron chi connectivity index (χ4n) is 1.22. The fraction of sp³-hybridized carbons (Fsp3) is 0. The van der Waals surface area contributed by atoms with Gasteiger partial charge in [-0.05, 0) is 52.4 Å². The molecule has 0 saturated heterocycles. The van der Waals surface area contributed by atoms with E-state index < -0.39 is 0 Å². The van der Waals surface area contributed by atoms with Crippen molar-refractivity contribution in [3.63, 3.8) is 0 Å². The van der Waals surface area contributed by atoms with Crippen LogP contribution >= 0.6 is 39.7 Å². The third kappa shape index (κ3) is 4.30. The molecule has 0 amide bonds. The summed E-state index contributed by atoms with van der Waals surface area (Å²) in [5.74, 6) is 0. The zero-order chi connectivity index (χ0) is 13.7. The number of thiocarbonyl (C=S) groups is 1. The van der Waals surface area contributed by atoms with Crippen molar-refractivity contribution in [2.45, 2.75) is 0 Å². The average molecular weight is 359 g/mol. The second-order valence-electron chi connectivity index (χ2n) is 3.46. The van der Waals surface area contributed by atoms with Crippen LogP contribution in [0.4, 0.5) is 5.69 Å². The molecule has 98 valence electrons. The number of H-pyrrole nitrogens is 1. The first-order valence-electron chi connectivity index (χ1n) is 5.19. The number of rotatable bonds is 3. The molecule has 0 aliphatic carbocycles. The van der Waals surface area contributed by atoms with E-state index in [1.54, 1.807) is 24.5 Å². The van der Waals surface area contributed by atoms with E-state index in [4.69, 9.17) is 23.8 Å². The number of halogens is 2. The summed E-state index contributed by atoms with van der Waals surface area (Å²) in [7, 11) is 0. The Kier molecular flexibility index (Phi) is 4.89. The predicted octanol–water partition coefficient (Wildman–Crippen LogP) is 3.15. The Balaban J connectivity index is 1.86. The average Bonchev–Trinajstić information content (AvgIpc) is 2.78. The highest BCUT2D eigenvalue weighted by molar-refractivity contribution is 9.10. The zero-order valence-corrected chi connectivity index (χ0v) is 12.7. The lowest BCUT2D eigenvalue weighted by atomic mass is 10.3. The van der Waals surface area contributed by atoms with E-state index in [9.17, 15) is 0 Å². The molecule has 0 spiro atoms. The summed E-state index contributed by atoms with van der Waals surface area (Å²) in [4.78, 5) is 0. The van der Waals surface area contributed by atoms with Gasteiger partial charge >= 0.3 is 0 Å². The Hall–Kier alpha value is -1.44. The predicted molar refractivity (Wildman–Crippen MR) is 84.7 cm³/mol. The van der Waals surface area contributed by atoms with Gasteiger partial charge in [-0.2, -0.15) is 10.2 Å². The van der Waals surface area contributed by atoms with Crippen LogP contribution < -0.4 is 10.7 Å². The Bertz CT molecular complexity index is 595. The number of aromatic nitrogens is 2. The van der Waals surface area contributed by atoms with Crippen LogP contribution in [0.25, 0.3) is 0 Å².